The summed E-state index contributed by atoms with van der Waals surface area (Å²) >= 11 is 0. The molecule has 0 bridgehead atoms. The summed E-state index contributed by atoms with van der Waals surface area (Å²) in [6, 6.07) is -0.153. The van der Waals surface area contributed by atoms with E-state index in [1.54, 1.807) is 7.11 Å². The molecule has 0 saturated heterocycles. The number of likely N-dealkylation sites (N-methyl/N-ethyl adjacent to an activating group) is 1. The van der Waals surface area contributed by atoms with Crippen LogP contribution in [0.4, 0.5) is 0 Å². The van der Waals surface area contributed by atoms with Crippen molar-refractivity contribution in [1.29, 1.82) is 0 Å². The number of hydrogen-bond acceptors (Lipinski definition) is 4. The standard InChI is InChI=1S/C9H21N3O2/c1-4-5-8(9(13)11-10)12(2)6-7-14-3/h8H,4-7,10H2,1-3H3,(H,11,13). The predicted molar refractivity (Wildman–Crippen MR) is 55.5 cm³/mol. The molecule has 0 spiro atoms. The van der Waals surface area contributed by atoms with Gasteiger partial charge in [-0.15, -0.1) is 0 Å². The highest BCUT2D eigenvalue weighted by molar-refractivity contribution is 5.81. The molecular weight excluding hydrogens is 182 g/mol. The van der Waals surface area contributed by atoms with Crippen molar-refractivity contribution in [1.82, 2.24) is 10.3 Å². The maximum Gasteiger partial charge on any atom is 0.251 e. The number of hydrogen-bond donors (Lipinski definition) is 2. The van der Waals surface area contributed by atoms with Crippen LogP contribution < -0.4 is 11.3 Å². The van der Waals surface area contributed by atoms with Crippen molar-refractivity contribution in [2.45, 2.75) is 25.8 Å². The molecule has 5 heteroatoms. The van der Waals surface area contributed by atoms with E-state index in [1.165, 1.54) is 0 Å². The first-order valence-electron chi connectivity index (χ1n) is 4.87. The molecule has 14 heavy (non-hydrogen) atoms. The first kappa shape index (κ1) is 13.4. The van der Waals surface area contributed by atoms with Crippen molar-refractivity contribution in [3.8, 4) is 0 Å². The van der Waals surface area contributed by atoms with Gasteiger partial charge in [-0.1, -0.05) is 13.3 Å². The number of carbonyl (C=O) groups is 1. The van der Waals surface area contributed by atoms with E-state index in [-0.39, 0.29) is 11.9 Å². The van der Waals surface area contributed by atoms with Gasteiger partial charge >= 0.3 is 0 Å². The molecule has 1 atom stereocenters. The highest BCUT2D eigenvalue weighted by Gasteiger charge is 2.20. The van der Waals surface area contributed by atoms with Gasteiger partial charge in [0.25, 0.3) is 5.91 Å². The summed E-state index contributed by atoms with van der Waals surface area (Å²) in [5.74, 6) is 4.98. The van der Waals surface area contributed by atoms with Gasteiger partial charge in [0.05, 0.1) is 12.6 Å². The SMILES string of the molecule is CCCC(C(=O)NN)N(C)CCOC. The Hall–Kier alpha value is -0.650. The monoisotopic (exact) mass is 203 g/mol. The molecule has 84 valence electrons. The van der Waals surface area contributed by atoms with Gasteiger partial charge in [0.2, 0.25) is 0 Å². The second-order valence-corrected chi connectivity index (χ2v) is 3.29. The van der Waals surface area contributed by atoms with Crippen molar-refractivity contribution in [3.63, 3.8) is 0 Å². The van der Waals surface area contributed by atoms with E-state index in [0.29, 0.717) is 6.61 Å². The maximum atomic E-state index is 11.4. The molecular formula is C9H21N3O2. The molecule has 0 radical (unpaired) electrons. The minimum absolute atomic E-state index is 0.134. The molecule has 0 saturated carbocycles. The van der Waals surface area contributed by atoms with Crippen LogP contribution in [0.2, 0.25) is 0 Å². The van der Waals surface area contributed by atoms with E-state index in [1.807, 2.05) is 18.9 Å². The van der Waals surface area contributed by atoms with Gasteiger partial charge in [-0.2, -0.15) is 0 Å². The van der Waals surface area contributed by atoms with E-state index in [0.717, 1.165) is 19.4 Å². The minimum Gasteiger partial charge on any atom is -0.383 e. The van der Waals surface area contributed by atoms with Crippen LogP contribution >= 0.6 is 0 Å². The lowest BCUT2D eigenvalue weighted by Gasteiger charge is -2.25. The summed E-state index contributed by atoms with van der Waals surface area (Å²) in [7, 11) is 3.54. The van der Waals surface area contributed by atoms with Crippen LogP contribution in [-0.4, -0.2) is 44.2 Å². The first-order chi connectivity index (χ1) is 6.67. The van der Waals surface area contributed by atoms with Crippen molar-refractivity contribution in [2.75, 3.05) is 27.3 Å². The van der Waals surface area contributed by atoms with Crippen LogP contribution in [0.25, 0.3) is 0 Å². The lowest BCUT2D eigenvalue weighted by molar-refractivity contribution is -0.126. The summed E-state index contributed by atoms with van der Waals surface area (Å²) in [5, 5.41) is 0. The molecule has 0 aliphatic rings. The smallest absolute Gasteiger partial charge is 0.251 e. The quantitative estimate of drug-likeness (QED) is 0.339. The number of nitrogens with one attached hydrogen (secondary N) is 1. The number of carbonyl (C=O) groups excluding carboxylic acids is 1. The molecule has 0 aromatic carbocycles. The molecule has 0 aliphatic heterocycles. The Labute approximate surface area is 85.6 Å². The van der Waals surface area contributed by atoms with Gasteiger partial charge in [-0.3, -0.25) is 15.1 Å². The van der Waals surface area contributed by atoms with Crippen LogP contribution in [0.5, 0.6) is 0 Å². The molecule has 1 amide bonds. The second-order valence-electron chi connectivity index (χ2n) is 3.29. The molecule has 0 heterocycles. The van der Waals surface area contributed by atoms with E-state index >= 15 is 0 Å². The largest absolute Gasteiger partial charge is 0.383 e. The number of amides is 1. The maximum absolute atomic E-state index is 11.4. The summed E-state index contributed by atoms with van der Waals surface area (Å²) in [6.07, 6.45) is 1.76. The molecule has 0 aromatic rings. The fourth-order valence-corrected chi connectivity index (χ4v) is 1.31. The van der Waals surface area contributed by atoms with Crippen molar-refractivity contribution >= 4 is 5.91 Å². The molecule has 0 fully saturated rings. The molecule has 5 nitrogen and oxygen atoms in total. The van der Waals surface area contributed by atoms with Crippen LogP contribution in [0.3, 0.4) is 0 Å². The lowest BCUT2D eigenvalue weighted by atomic mass is 10.1. The Kier molecular flexibility index (Phi) is 7.37. The summed E-state index contributed by atoms with van der Waals surface area (Å²) in [6.45, 7) is 3.39. The normalized spacial score (nSPS) is 12.9. The Morgan fingerprint density at radius 2 is 2.29 bits per heavy atom. The fraction of sp³-hybridized carbons (Fsp3) is 0.889. The number of ether oxygens (including phenoxy) is 1. The number of rotatable bonds is 7. The van der Waals surface area contributed by atoms with E-state index in [2.05, 4.69) is 5.43 Å². The predicted octanol–water partition coefficient (Wildman–Crippen LogP) is -0.277. The number of hydrazine groups is 1. The third-order valence-electron chi connectivity index (χ3n) is 2.19. The Morgan fingerprint density at radius 1 is 1.64 bits per heavy atom. The Balaban J connectivity index is 4.10. The van der Waals surface area contributed by atoms with Gasteiger partial charge in [-0.25, -0.2) is 5.84 Å². The molecule has 1 unspecified atom stereocenters. The zero-order valence-corrected chi connectivity index (χ0v) is 9.25. The Bertz CT molecular complexity index is 164. The van der Waals surface area contributed by atoms with Gasteiger partial charge in [-0.05, 0) is 13.5 Å². The third kappa shape index (κ3) is 4.55. The second kappa shape index (κ2) is 7.73. The highest BCUT2D eigenvalue weighted by Crippen LogP contribution is 2.04. The number of nitrogens with two attached hydrogens (primary N) is 1. The van der Waals surface area contributed by atoms with Crippen molar-refractivity contribution in [3.05, 3.63) is 0 Å². The van der Waals surface area contributed by atoms with Gasteiger partial charge in [0.1, 0.15) is 0 Å². The van der Waals surface area contributed by atoms with Crippen molar-refractivity contribution < 1.29 is 9.53 Å². The molecule has 3 N–H and O–H groups in total. The summed E-state index contributed by atoms with van der Waals surface area (Å²) in [4.78, 5) is 13.3. The number of nitrogens with zero attached hydrogens (tertiary/aromatic N) is 1. The topological polar surface area (TPSA) is 67.6 Å². The van der Waals surface area contributed by atoms with E-state index < -0.39 is 0 Å². The van der Waals surface area contributed by atoms with Gasteiger partial charge in [0.15, 0.2) is 0 Å². The average molecular weight is 203 g/mol. The highest BCUT2D eigenvalue weighted by atomic mass is 16.5. The molecule has 0 rings (SSSR count). The van der Waals surface area contributed by atoms with E-state index in [9.17, 15) is 4.79 Å². The van der Waals surface area contributed by atoms with Gasteiger partial charge in [0, 0.05) is 13.7 Å². The molecule has 0 aromatic heterocycles. The average Bonchev–Trinajstić information content (AvgIpc) is 2.21. The Morgan fingerprint density at radius 3 is 2.71 bits per heavy atom. The van der Waals surface area contributed by atoms with Crippen LogP contribution in [0, 0.1) is 0 Å². The lowest BCUT2D eigenvalue weighted by Crippen LogP contribution is -2.48. The minimum atomic E-state index is -0.153. The number of methoxy groups -OCH3 is 1. The van der Waals surface area contributed by atoms with Crippen LogP contribution in [-0.2, 0) is 9.53 Å². The third-order valence-corrected chi connectivity index (χ3v) is 2.19. The van der Waals surface area contributed by atoms with E-state index in [4.69, 9.17) is 10.6 Å². The zero-order chi connectivity index (χ0) is 11.0. The zero-order valence-electron chi connectivity index (χ0n) is 9.25. The fourth-order valence-electron chi connectivity index (χ4n) is 1.31. The van der Waals surface area contributed by atoms with Crippen molar-refractivity contribution in [2.24, 2.45) is 5.84 Å². The van der Waals surface area contributed by atoms with Crippen LogP contribution in [0.15, 0.2) is 0 Å². The first-order valence-corrected chi connectivity index (χ1v) is 4.87. The van der Waals surface area contributed by atoms with Gasteiger partial charge < -0.3 is 4.74 Å². The summed E-state index contributed by atoms with van der Waals surface area (Å²) < 4.78 is 4.95. The van der Waals surface area contributed by atoms with Crippen LogP contribution in [0.1, 0.15) is 19.8 Å². The summed E-state index contributed by atoms with van der Waals surface area (Å²) in [5.41, 5.74) is 2.19. The molecule has 0 aliphatic carbocycles.